The zero-order valence-corrected chi connectivity index (χ0v) is 23.4. The predicted octanol–water partition coefficient (Wildman–Crippen LogP) is 3.85. The van der Waals surface area contributed by atoms with Crippen molar-refractivity contribution in [3.63, 3.8) is 0 Å². The Hall–Kier alpha value is -0.683. The molecule has 0 aliphatic heterocycles. The number of aliphatic hydroxyl groups excluding tert-OH is 1. The van der Waals surface area contributed by atoms with Crippen molar-refractivity contribution >= 4 is 20.2 Å². The summed E-state index contributed by atoms with van der Waals surface area (Å²) in [5, 5.41) is 10.5. The fraction of sp³-hybridized carbons (Fsp3) is 0.917. The zero-order valence-electron chi connectivity index (χ0n) is 22.4. The van der Waals surface area contributed by atoms with E-state index in [2.05, 4.69) is 42.6 Å². The van der Waals surface area contributed by atoms with Crippen LogP contribution in [0.4, 0.5) is 0 Å². The van der Waals surface area contributed by atoms with E-state index in [9.17, 15) is 5.11 Å². The van der Waals surface area contributed by atoms with Crippen LogP contribution >= 0.6 is 0 Å². The van der Waals surface area contributed by atoms with Crippen LogP contribution < -0.4 is 0 Å². The highest BCUT2D eigenvalue weighted by Gasteiger charge is 2.39. The molecule has 0 aliphatic rings. The molecule has 0 aliphatic carbocycles. The van der Waals surface area contributed by atoms with E-state index in [0.717, 1.165) is 56.9 Å². The monoisotopic (exact) mass is 489 g/mol. The van der Waals surface area contributed by atoms with Crippen molar-refractivity contribution in [2.24, 2.45) is 9.98 Å². The molecule has 0 saturated carbocycles. The number of ether oxygens (including phenoxy) is 1. The molecule has 9 heteroatoms. The van der Waals surface area contributed by atoms with Crippen LogP contribution in [0.3, 0.4) is 0 Å². The van der Waals surface area contributed by atoms with Gasteiger partial charge < -0.3 is 23.1 Å². The molecule has 0 rings (SSSR count). The standard InChI is InChI=1S/C24H51N3O5Si/c1-8-22(6)25-14-16-27(17-15-26-23(7)9-2)20-24(28)21-29-18-13-19-33(30-10-3,31-11-4)32-12-5/h24,28H,8-21H2,1-7H3. The fourth-order valence-electron chi connectivity index (χ4n) is 3.24. The van der Waals surface area contributed by atoms with Crippen molar-refractivity contribution < 1.29 is 23.1 Å². The molecule has 1 unspecified atom stereocenters. The van der Waals surface area contributed by atoms with Gasteiger partial charge in [-0.05, 0) is 53.9 Å². The van der Waals surface area contributed by atoms with Gasteiger partial charge in [-0.3, -0.25) is 14.9 Å². The smallest absolute Gasteiger partial charge is 0.389 e. The average Bonchev–Trinajstić information content (AvgIpc) is 2.78. The molecule has 1 atom stereocenters. The third-order valence-electron chi connectivity index (χ3n) is 5.26. The fourth-order valence-corrected chi connectivity index (χ4v) is 5.82. The second kappa shape index (κ2) is 20.7. The molecule has 0 aromatic rings. The summed E-state index contributed by atoms with van der Waals surface area (Å²) in [5.74, 6) is 0. The minimum absolute atomic E-state index is 0.303. The average molecular weight is 490 g/mol. The molecule has 0 spiro atoms. The van der Waals surface area contributed by atoms with Crippen molar-refractivity contribution in [3.8, 4) is 0 Å². The Kier molecular flexibility index (Phi) is 20.2. The summed E-state index contributed by atoms with van der Waals surface area (Å²) in [6.07, 6.45) is 2.16. The van der Waals surface area contributed by atoms with Crippen molar-refractivity contribution in [2.75, 3.05) is 65.8 Å². The highest BCUT2D eigenvalue weighted by Crippen LogP contribution is 2.18. The quantitative estimate of drug-likeness (QED) is 0.141. The van der Waals surface area contributed by atoms with Gasteiger partial charge in [-0.2, -0.15) is 0 Å². The van der Waals surface area contributed by atoms with Gasteiger partial charge in [0.05, 0.1) is 25.8 Å². The van der Waals surface area contributed by atoms with E-state index in [1.807, 2.05) is 20.8 Å². The van der Waals surface area contributed by atoms with Gasteiger partial charge in [0.1, 0.15) is 0 Å². The molecule has 0 radical (unpaired) electrons. The Bertz CT molecular complexity index is 493. The first-order valence-corrected chi connectivity index (χ1v) is 14.7. The van der Waals surface area contributed by atoms with E-state index < -0.39 is 14.9 Å². The Morgan fingerprint density at radius 1 is 0.848 bits per heavy atom. The highest BCUT2D eigenvalue weighted by atomic mass is 28.4. The molecule has 0 saturated heterocycles. The van der Waals surface area contributed by atoms with Crippen molar-refractivity contribution in [2.45, 2.75) is 79.9 Å². The molecular weight excluding hydrogens is 438 g/mol. The van der Waals surface area contributed by atoms with Gasteiger partial charge in [-0.15, -0.1) is 0 Å². The van der Waals surface area contributed by atoms with E-state index in [1.54, 1.807) is 0 Å². The summed E-state index contributed by atoms with van der Waals surface area (Å²) in [6, 6.07) is 0.717. The van der Waals surface area contributed by atoms with E-state index in [-0.39, 0.29) is 0 Å². The van der Waals surface area contributed by atoms with Gasteiger partial charge in [-0.25, -0.2) is 0 Å². The summed E-state index contributed by atoms with van der Waals surface area (Å²) in [5.41, 5.74) is 2.31. The minimum Gasteiger partial charge on any atom is -0.389 e. The lowest BCUT2D eigenvalue weighted by atomic mass is 10.3. The zero-order chi connectivity index (χ0) is 25.0. The highest BCUT2D eigenvalue weighted by molar-refractivity contribution is 6.60. The van der Waals surface area contributed by atoms with Crippen LogP contribution in [0, 0.1) is 0 Å². The van der Waals surface area contributed by atoms with Crippen LogP contribution in [-0.2, 0) is 18.0 Å². The van der Waals surface area contributed by atoms with E-state index in [1.165, 1.54) is 0 Å². The first kappa shape index (κ1) is 32.3. The maximum atomic E-state index is 10.5. The van der Waals surface area contributed by atoms with Crippen LogP contribution in [0.2, 0.25) is 6.04 Å². The summed E-state index contributed by atoms with van der Waals surface area (Å²) in [4.78, 5) is 11.4. The van der Waals surface area contributed by atoms with Gasteiger partial charge in [0, 0.05) is 63.5 Å². The summed E-state index contributed by atoms with van der Waals surface area (Å²) in [6.45, 7) is 20.4. The van der Waals surface area contributed by atoms with Gasteiger partial charge in [0.2, 0.25) is 0 Å². The lowest BCUT2D eigenvalue weighted by Gasteiger charge is -2.28. The molecule has 33 heavy (non-hydrogen) atoms. The number of aliphatic hydroxyl groups is 1. The van der Waals surface area contributed by atoms with Crippen LogP contribution in [0.15, 0.2) is 9.98 Å². The second-order valence-electron chi connectivity index (χ2n) is 8.06. The number of hydrogen-bond donors (Lipinski definition) is 1. The predicted molar refractivity (Wildman–Crippen MR) is 140 cm³/mol. The Labute approximate surface area is 204 Å². The molecule has 0 fully saturated rings. The van der Waals surface area contributed by atoms with Gasteiger partial charge in [0.25, 0.3) is 0 Å². The second-order valence-corrected chi connectivity index (χ2v) is 10.8. The lowest BCUT2D eigenvalue weighted by Crippen LogP contribution is -2.46. The summed E-state index contributed by atoms with van der Waals surface area (Å²) < 4.78 is 23.4. The Balaban J connectivity index is 4.54. The molecule has 0 bridgehead atoms. The minimum atomic E-state index is -2.63. The van der Waals surface area contributed by atoms with Crippen LogP contribution in [0.25, 0.3) is 0 Å². The van der Waals surface area contributed by atoms with Gasteiger partial charge >= 0.3 is 8.80 Å². The topological polar surface area (TPSA) is 85.1 Å². The maximum absolute atomic E-state index is 10.5. The normalized spacial score (nSPS) is 14.3. The maximum Gasteiger partial charge on any atom is 0.501 e. The summed E-state index contributed by atoms with van der Waals surface area (Å²) >= 11 is 0. The third kappa shape index (κ3) is 16.6. The molecule has 0 aromatic heterocycles. The number of hydrogen-bond acceptors (Lipinski definition) is 8. The van der Waals surface area contributed by atoms with Gasteiger partial charge in [-0.1, -0.05) is 13.8 Å². The van der Waals surface area contributed by atoms with Crippen LogP contribution in [0.1, 0.15) is 67.7 Å². The molecule has 0 amide bonds. The summed E-state index contributed by atoms with van der Waals surface area (Å²) in [7, 11) is -2.63. The van der Waals surface area contributed by atoms with Gasteiger partial charge in [0.15, 0.2) is 0 Å². The molecular formula is C24H51N3O5Si. The Morgan fingerprint density at radius 2 is 1.33 bits per heavy atom. The number of rotatable bonds is 22. The first-order chi connectivity index (χ1) is 15.9. The first-order valence-electron chi connectivity index (χ1n) is 12.8. The van der Waals surface area contributed by atoms with E-state index >= 15 is 0 Å². The van der Waals surface area contributed by atoms with Crippen molar-refractivity contribution in [1.29, 1.82) is 0 Å². The number of aliphatic imine (C=N–C) groups is 2. The molecule has 0 heterocycles. The van der Waals surface area contributed by atoms with Crippen LogP contribution in [0.5, 0.6) is 0 Å². The van der Waals surface area contributed by atoms with Crippen molar-refractivity contribution in [3.05, 3.63) is 0 Å². The van der Waals surface area contributed by atoms with Crippen LogP contribution in [-0.4, -0.2) is 102 Å². The van der Waals surface area contributed by atoms with E-state index in [0.29, 0.717) is 45.6 Å². The number of nitrogens with zero attached hydrogens (tertiary/aromatic N) is 3. The lowest BCUT2D eigenvalue weighted by molar-refractivity contribution is 0.0154. The Morgan fingerprint density at radius 3 is 1.76 bits per heavy atom. The molecule has 1 N–H and O–H groups in total. The molecule has 196 valence electrons. The molecule has 8 nitrogen and oxygen atoms in total. The molecule has 0 aromatic carbocycles. The van der Waals surface area contributed by atoms with E-state index in [4.69, 9.17) is 18.0 Å². The largest absolute Gasteiger partial charge is 0.501 e. The SMILES string of the molecule is CCO[Si](CCCOCC(O)CN(CCN=C(C)CC)CCN=C(C)CC)(OCC)OCC. The van der Waals surface area contributed by atoms with Crippen molar-refractivity contribution in [1.82, 2.24) is 4.90 Å². The third-order valence-corrected chi connectivity index (χ3v) is 8.41.